The highest BCUT2D eigenvalue weighted by Crippen LogP contribution is 2.32. The van der Waals surface area contributed by atoms with E-state index in [-0.39, 0.29) is 22.8 Å². The number of carbonyl (C=O) groups excluding carboxylic acids is 1. The highest BCUT2D eigenvalue weighted by Gasteiger charge is 2.28. The monoisotopic (exact) mass is 458 g/mol. The number of rotatable bonds is 7. The predicted molar refractivity (Wildman–Crippen MR) is 127 cm³/mol. The minimum atomic E-state index is -3.58. The first kappa shape index (κ1) is 24.3. The van der Waals surface area contributed by atoms with E-state index in [2.05, 4.69) is 25.2 Å². The van der Waals surface area contributed by atoms with E-state index in [1.54, 1.807) is 19.2 Å². The number of benzene rings is 2. The zero-order chi connectivity index (χ0) is 23.6. The predicted octanol–water partition coefficient (Wildman–Crippen LogP) is 4.71. The van der Waals surface area contributed by atoms with E-state index in [1.807, 2.05) is 26.8 Å². The Balaban J connectivity index is 1.88. The Morgan fingerprint density at radius 2 is 1.66 bits per heavy atom. The molecule has 1 N–H and O–H groups in total. The second-order valence-corrected chi connectivity index (χ2v) is 10.8. The van der Waals surface area contributed by atoms with Gasteiger partial charge in [0.15, 0.2) is 0 Å². The van der Waals surface area contributed by atoms with Gasteiger partial charge in [-0.25, -0.2) is 8.42 Å². The zero-order valence-electron chi connectivity index (χ0n) is 19.9. The molecule has 3 rings (SSSR count). The van der Waals surface area contributed by atoms with Gasteiger partial charge in [-0.3, -0.25) is 4.79 Å². The number of ether oxygens (including phenoxy) is 1. The number of carbonyl (C=O) groups is 1. The van der Waals surface area contributed by atoms with Crippen LogP contribution in [0.3, 0.4) is 0 Å². The van der Waals surface area contributed by atoms with Crippen molar-refractivity contribution < 1.29 is 17.9 Å². The third kappa shape index (κ3) is 4.84. The van der Waals surface area contributed by atoms with Crippen molar-refractivity contribution in [1.29, 1.82) is 0 Å². The van der Waals surface area contributed by atoms with Crippen LogP contribution in [0.15, 0.2) is 35.2 Å². The summed E-state index contributed by atoms with van der Waals surface area (Å²) in [5, 5.41) is 3.06. The minimum Gasteiger partial charge on any atom is -0.496 e. The molecule has 1 fully saturated rings. The molecule has 1 aliphatic rings. The second kappa shape index (κ2) is 9.63. The fourth-order valence-corrected chi connectivity index (χ4v) is 5.79. The van der Waals surface area contributed by atoms with E-state index in [4.69, 9.17) is 4.74 Å². The lowest BCUT2D eigenvalue weighted by Crippen LogP contribution is -2.30. The maximum absolute atomic E-state index is 13.2. The van der Waals surface area contributed by atoms with Crippen LogP contribution >= 0.6 is 0 Å². The molecular formula is C25H34N2O4S. The Kier molecular flexibility index (Phi) is 7.30. The van der Waals surface area contributed by atoms with Gasteiger partial charge in [0.25, 0.3) is 5.91 Å². The number of amides is 1. The highest BCUT2D eigenvalue weighted by molar-refractivity contribution is 7.89. The number of sulfonamides is 1. The number of hydrogen-bond donors (Lipinski definition) is 1. The normalized spacial score (nSPS) is 15.7. The van der Waals surface area contributed by atoms with Crippen LogP contribution in [0.1, 0.15) is 78.2 Å². The van der Waals surface area contributed by atoms with Gasteiger partial charge in [-0.2, -0.15) is 4.31 Å². The van der Waals surface area contributed by atoms with Crippen LogP contribution in [-0.2, 0) is 10.0 Å². The fraction of sp³-hybridized carbons (Fsp3) is 0.480. The topological polar surface area (TPSA) is 75.7 Å². The molecule has 7 heteroatoms. The lowest BCUT2D eigenvalue weighted by atomic mass is 9.93. The van der Waals surface area contributed by atoms with Gasteiger partial charge in [-0.05, 0) is 86.1 Å². The summed E-state index contributed by atoms with van der Waals surface area (Å²) in [6.45, 7) is 11.0. The Morgan fingerprint density at radius 1 is 1.00 bits per heavy atom. The average molecular weight is 459 g/mol. The lowest BCUT2D eigenvalue weighted by molar-refractivity contribution is 0.0939. The number of aryl methyl sites for hydroxylation is 2. The molecule has 2 aromatic carbocycles. The molecular weight excluding hydrogens is 424 g/mol. The molecule has 0 radical (unpaired) electrons. The molecule has 1 aliphatic heterocycles. The molecule has 1 atom stereocenters. The van der Waals surface area contributed by atoms with Crippen molar-refractivity contribution in [2.24, 2.45) is 0 Å². The standard InChI is InChI=1S/C25H34N2O4S/c1-16(2)21-15-22(18(4)13-24(21)31-6)19(5)26-25(28)23-14-20(10-9-17(23)3)32(29,30)27-11-7-8-12-27/h9-10,13-16,19H,7-8,11-12H2,1-6H3,(H,26,28). The second-order valence-electron chi connectivity index (χ2n) is 8.89. The molecule has 0 aliphatic carbocycles. The van der Waals surface area contributed by atoms with E-state index in [0.29, 0.717) is 18.7 Å². The summed E-state index contributed by atoms with van der Waals surface area (Å²) in [6, 6.07) is 8.64. The number of methoxy groups -OCH3 is 1. The Morgan fingerprint density at radius 3 is 2.25 bits per heavy atom. The van der Waals surface area contributed by atoms with Crippen LogP contribution in [0.25, 0.3) is 0 Å². The van der Waals surface area contributed by atoms with Crippen molar-refractivity contribution >= 4 is 15.9 Å². The van der Waals surface area contributed by atoms with Gasteiger partial charge in [-0.1, -0.05) is 19.9 Å². The minimum absolute atomic E-state index is 0.172. The van der Waals surface area contributed by atoms with Crippen molar-refractivity contribution in [2.45, 2.75) is 64.3 Å². The van der Waals surface area contributed by atoms with Gasteiger partial charge >= 0.3 is 0 Å². The van der Waals surface area contributed by atoms with Crippen molar-refractivity contribution in [3.8, 4) is 5.75 Å². The molecule has 2 aromatic rings. The number of nitrogens with one attached hydrogen (secondary N) is 1. The summed E-state index contributed by atoms with van der Waals surface area (Å²) in [6.07, 6.45) is 1.74. The maximum atomic E-state index is 13.2. The van der Waals surface area contributed by atoms with Crippen LogP contribution in [0, 0.1) is 13.8 Å². The molecule has 1 heterocycles. The largest absolute Gasteiger partial charge is 0.496 e. The van der Waals surface area contributed by atoms with Crippen molar-refractivity contribution in [3.63, 3.8) is 0 Å². The van der Waals surface area contributed by atoms with Gasteiger partial charge in [0, 0.05) is 18.7 Å². The lowest BCUT2D eigenvalue weighted by Gasteiger charge is -2.22. The summed E-state index contributed by atoms with van der Waals surface area (Å²) in [5.41, 5.74) is 4.25. The average Bonchev–Trinajstić information content (AvgIpc) is 3.29. The van der Waals surface area contributed by atoms with E-state index in [9.17, 15) is 13.2 Å². The SMILES string of the molecule is COc1cc(C)c(C(C)NC(=O)c2cc(S(=O)(=O)N3CCCC3)ccc2C)cc1C(C)C. The molecule has 1 saturated heterocycles. The first-order valence-electron chi connectivity index (χ1n) is 11.2. The van der Waals surface area contributed by atoms with E-state index >= 15 is 0 Å². The van der Waals surface area contributed by atoms with E-state index in [1.165, 1.54) is 10.4 Å². The Labute approximate surface area is 192 Å². The maximum Gasteiger partial charge on any atom is 0.252 e. The summed E-state index contributed by atoms with van der Waals surface area (Å²) in [4.78, 5) is 13.3. The molecule has 6 nitrogen and oxygen atoms in total. The molecule has 1 unspecified atom stereocenters. The molecule has 174 valence electrons. The van der Waals surface area contributed by atoms with Gasteiger partial charge in [0.1, 0.15) is 5.75 Å². The molecule has 0 saturated carbocycles. The third-order valence-corrected chi connectivity index (χ3v) is 8.11. The molecule has 1 amide bonds. The van der Waals surface area contributed by atoms with Crippen LogP contribution in [0.2, 0.25) is 0 Å². The van der Waals surface area contributed by atoms with Gasteiger partial charge in [0.05, 0.1) is 18.0 Å². The number of hydrogen-bond acceptors (Lipinski definition) is 4. The third-order valence-electron chi connectivity index (χ3n) is 6.21. The van der Waals surface area contributed by atoms with Crippen molar-refractivity contribution in [1.82, 2.24) is 9.62 Å². The smallest absolute Gasteiger partial charge is 0.252 e. The summed E-state index contributed by atoms with van der Waals surface area (Å²) in [7, 11) is -1.92. The Hall–Kier alpha value is -2.38. The Bertz CT molecular complexity index is 1100. The molecule has 0 aromatic heterocycles. The summed E-state index contributed by atoms with van der Waals surface area (Å²) >= 11 is 0. The van der Waals surface area contributed by atoms with Gasteiger partial charge < -0.3 is 10.1 Å². The van der Waals surface area contributed by atoms with E-state index in [0.717, 1.165) is 40.8 Å². The number of nitrogens with zero attached hydrogens (tertiary/aromatic N) is 1. The summed E-state index contributed by atoms with van der Waals surface area (Å²) < 4.78 is 32.9. The summed E-state index contributed by atoms with van der Waals surface area (Å²) in [5.74, 6) is 0.840. The zero-order valence-corrected chi connectivity index (χ0v) is 20.7. The van der Waals surface area contributed by atoms with Gasteiger partial charge in [-0.15, -0.1) is 0 Å². The molecule has 32 heavy (non-hydrogen) atoms. The fourth-order valence-electron chi connectivity index (χ4n) is 4.25. The van der Waals surface area contributed by atoms with Crippen LogP contribution in [0.5, 0.6) is 5.75 Å². The molecule has 0 bridgehead atoms. The van der Waals surface area contributed by atoms with Crippen LogP contribution in [0.4, 0.5) is 0 Å². The van der Waals surface area contributed by atoms with Crippen molar-refractivity contribution in [3.05, 3.63) is 58.1 Å². The van der Waals surface area contributed by atoms with Crippen molar-refractivity contribution in [2.75, 3.05) is 20.2 Å². The first-order valence-corrected chi connectivity index (χ1v) is 12.6. The van der Waals surface area contributed by atoms with Crippen LogP contribution < -0.4 is 10.1 Å². The van der Waals surface area contributed by atoms with Crippen LogP contribution in [-0.4, -0.2) is 38.8 Å². The van der Waals surface area contributed by atoms with Gasteiger partial charge in [0.2, 0.25) is 10.0 Å². The van der Waals surface area contributed by atoms with E-state index < -0.39 is 10.0 Å². The highest BCUT2D eigenvalue weighted by atomic mass is 32.2. The first-order chi connectivity index (χ1) is 15.1. The molecule has 0 spiro atoms. The quantitative estimate of drug-likeness (QED) is 0.652.